The van der Waals surface area contributed by atoms with Crippen LogP contribution in [0.1, 0.15) is 12.0 Å². The molecule has 16 heavy (non-hydrogen) atoms. The minimum atomic E-state index is -4.41. The number of amides is 1. The highest BCUT2D eigenvalue weighted by Crippen LogP contribution is 2.29. The molecule has 1 aromatic heterocycles. The van der Waals surface area contributed by atoms with E-state index in [9.17, 15) is 18.0 Å². The monoisotopic (exact) mass is 231 g/mol. The van der Waals surface area contributed by atoms with E-state index in [1.54, 1.807) is 0 Å². The van der Waals surface area contributed by atoms with Crippen molar-refractivity contribution in [1.82, 2.24) is 10.4 Å². The van der Waals surface area contributed by atoms with Gasteiger partial charge in [-0.05, 0) is 12.1 Å². The maximum absolute atomic E-state index is 12.2. The minimum Gasteiger partial charge on any atom is -0.273 e. The zero-order valence-corrected chi connectivity index (χ0v) is 8.08. The van der Waals surface area contributed by atoms with Gasteiger partial charge in [-0.25, -0.2) is 15.4 Å². The maximum atomic E-state index is 12.2. The smallest absolute Gasteiger partial charge is 0.273 e. The summed E-state index contributed by atoms with van der Waals surface area (Å²) in [6, 6.07) is 2.06. The molecule has 4 nitrogen and oxygen atoms in total. The number of nitrogens with one attached hydrogen (secondary N) is 1. The number of hydrogen-bond donors (Lipinski definition) is 1. The third kappa shape index (κ3) is 1.99. The summed E-state index contributed by atoms with van der Waals surface area (Å²) in [5.74, 6) is -0.0252. The first kappa shape index (κ1) is 10.9. The molecule has 0 radical (unpaired) electrons. The number of hydrazine groups is 1. The van der Waals surface area contributed by atoms with Crippen molar-refractivity contribution in [3.8, 4) is 0 Å². The van der Waals surface area contributed by atoms with Gasteiger partial charge < -0.3 is 0 Å². The van der Waals surface area contributed by atoms with Crippen molar-refractivity contribution in [1.29, 1.82) is 0 Å². The average molecular weight is 231 g/mol. The highest BCUT2D eigenvalue weighted by atomic mass is 19.4. The summed E-state index contributed by atoms with van der Waals surface area (Å²) >= 11 is 0. The van der Waals surface area contributed by atoms with Gasteiger partial charge in [-0.15, -0.1) is 0 Å². The van der Waals surface area contributed by atoms with Crippen LogP contribution in [0, 0.1) is 0 Å². The summed E-state index contributed by atoms with van der Waals surface area (Å²) in [5.41, 5.74) is 1.89. The van der Waals surface area contributed by atoms with E-state index >= 15 is 0 Å². The summed E-state index contributed by atoms with van der Waals surface area (Å²) in [6.45, 7) is 0.474. The molecule has 1 aromatic rings. The summed E-state index contributed by atoms with van der Waals surface area (Å²) in [7, 11) is 0. The molecule has 2 rings (SSSR count). The average Bonchev–Trinajstić information content (AvgIpc) is 2.63. The molecular formula is C9H8F3N3O. The molecule has 0 spiro atoms. The van der Waals surface area contributed by atoms with Gasteiger partial charge in [-0.1, -0.05) is 0 Å². The van der Waals surface area contributed by atoms with E-state index in [1.165, 1.54) is 6.07 Å². The first-order valence-corrected chi connectivity index (χ1v) is 4.58. The molecular weight excluding hydrogens is 223 g/mol. The van der Waals surface area contributed by atoms with Crippen LogP contribution in [0.4, 0.5) is 19.0 Å². The van der Waals surface area contributed by atoms with E-state index in [1.807, 2.05) is 0 Å². The van der Waals surface area contributed by atoms with Crippen LogP contribution >= 0.6 is 0 Å². The number of alkyl halides is 3. The SMILES string of the molecule is O=C1CCNN1c1ccc(C(F)(F)F)cn1. The fourth-order valence-corrected chi connectivity index (χ4v) is 1.37. The Morgan fingerprint density at radius 2 is 2.12 bits per heavy atom. The van der Waals surface area contributed by atoms with Crippen LogP contribution in [0.5, 0.6) is 0 Å². The van der Waals surface area contributed by atoms with Crippen molar-refractivity contribution in [2.24, 2.45) is 0 Å². The highest BCUT2D eigenvalue weighted by Gasteiger charge is 2.31. The Labute approximate surface area is 89.0 Å². The largest absolute Gasteiger partial charge is 0.417 e. The molecule has 1 aliphatic heterocycles. The molecule has 0 atom stereocenters. The second-order valence-electron chi connectivity index (χ2n) is 3.29. The lowest BCUT2D eigenvalue weighted by atomic mass is 10.3. The summed E-state index contributed by atoms with van der Waals surface area (Å²) in [5, 5.41) is 1.15. The van der Waals surface area contributed by atoms with Crippen molar-refractivity contribution >= 4 is 11.7 Å². The summed E-state index contributed by atoms with van der Waals surface area (Å²) < 4.78 is 36.7. The number of aromatic nitrogens is 1. The number of anilines is 1. The lowest BCUT2D eigenvalue weighted by Crippen LogP contribution is -2.34. The van der Waals surface area contributed by atoms with Crippen molar-refractivity contribution < 1.29 is 18.0 Å². The second kappa shape index (κ2) is 3.75. The second-order valence-corrected chi connectivity index (χ2v) is 3.29. The molecule has 1 saturated heterocycles. The molecule has 0 unspecified atom stereocenters. The quantitative estimate of drug-likeness (QED) is 0.793. The van der Waals surface area contributed by atoms with E-state index in [0.29, 0.717) is 19.2 Å². The lowest BCUT2D eigenvalue weighted by molar-refractivity contribution is -0.137. The van der Waals surface area contributed by atoms with Gasteiger partial charge in [0.1, 0.15) is 5.82 Å². The zero-order valence-electron chi connectivity index (χ0n) is 8.08. The highest BCUT2D eigenvalue weighted by molar-refractivity contribution is 5.93. The van der Waals surface area contributed by atoms with Crippen LogP contribution in [0.3, 0.4) is 0 Å². The Morgan fingerprint density at radius 1 is 1.38 bits per heavy atom. The van der Waals surface area contributed by atoms with Crippen LogP contribution in [0.25, 0.3) is 0 Å². The Bertz CT molecular complexity index is 401. The normalized spacial score (nSPS) is 16.9. The Balaban J connectivity index is 2.22. The zero-order chi connectivity index (χ0) is 11.8. The lowest BCUT2D eigenvalue weighted by Gasteiger charge is -2.15. The fraction of sp³-hybridized carbons (Fsp3) is 0.333. The third-order valence-electron chi connectivity index (χ3n) is 2.16. The van der Waals surface area contributed by atoms with Crippen LogP contribution in [0.2, 0.25) is 0 Å². The number of carbonyl (C=O) groups is 1. The maximum Gasteiger partial charge on any atom is 0.417 e. The van der Waals surface area contributed by atoms with Crippen molar-refractivity contribution in [3.63, 3.8) is 0 Å². The molecule has 0 saturated carbocycles. The molecule has 1 fully saturated rings. The topological polar surface area (TPSA) is 45.2 Å². The first-order chi connectivity index (χ1) is 7.48. The van der Waals surface area contributed by atoms with E-state index in [-0.39, 0.29) is 11.7 Å². The number of pyridine rings is 1. The Hall–Kier alpha value is -1.63. The van der Waals surface area contributed by atoms with Crippen molar-refractivity contribution in [3.05, 3.63) is 23.9 Å². The van der Waals surface area contributed by atoms with Gasteiger partial charge in [-0.3, -0.25) is 4.79 Å². The number of rotatable bonds is 1. The van der Waals surface area contributed by atoms with Gasteiger partial charge >= 0.3 is 6.18 Å². The van der Waals surface area contributed by atoms with E-state index < -0.39 is 11.7 Å². The molecule has 2 heterocycles. The molecule has 1 N–H and O–H groups in total. The molecule has 1 amide bonds. The number of halogens is 3. The van der Waals surface area contributed by atoms with Crippen LogP contribution in [0.15, 0.2) is 18.3 Å². The summed E-state index contributed by atoms with van der Waals surface area (Å²) in [6.07, 6.45) is -3.38. The van der Waals surface area contributed by atoms with Crippen LogP contribution in [-0.2, 0) is 11.0 Å². The van der Waals surface area contributed by atoms with E-state index in [2.05, 4.69) is 10.4 Å². The van der Waals surface area contributed by atoms with Gasteiger partial charge in [0.25, 0.3) is 0 Å². The molecule has 7 heteroatoms. The van der Waals surface area contributed by atoms with Gasteiger partial charge in [-0.2, -0.15) is 13.2 Å². The third-order valence-corrected chi connectivity index (χ3v) is 2.16. The Morgan fingerprint density at radius 3 is 2.56 bits per heavy atom. The van der Waals surface area contributed by atoms with Crippen LogP contribution < -0.4 is 10.4 Å². The number of nitrogens with zero attached hydrogens (tertiary/aromatic N) is 2. The minimum absolute atomic E-state index is 0.176. The van der Waals surface area contributed by atoms with Gasteiger partial charge in [0.2, 0.25) is 5.91 Å². The first-order valence-electron chi connectivity index (χ1n) is 4.58. The predicted molar refractivity (Wildman–Crippen MR) is 49.3 cm³/mol. The number of hydrogen-bond acceptors (Lipinski definition) is 3. The predicted octanol–water partition coefficient (Wildman–Crippen LogP) is 1.34. The molecule has 0 bridgehead atoms. The van der Waals surface area contributed by atoms with Crippen LogP contribution in [-0.4, -0.2) is 17.4 Å². The van der Waals surface area contributed by atoms with Gasteiger partial charge in [0, 0.05) is 19.2 Å². The molecule has 0 aliphatic carbocycles. The standard InChI is InChI=1S/C9H8F3N3O/c10-9(11,12)6-1-2-7(13-5-6)15-8(16)3-4-14-15/h1-2,5,14H,3-4H2. The van der Waals surface area contributed by atoms with Gasteiger partial charge in [0.05, 0.1) is 5.56 Å². The Kier molecular flexibility index (Phi) is 2.55. The fourth-order valence-electron chi connectivity index (χ4n) is 1.37. The van der Waals surface area contributed by atoms with Crippen molar-refractivity contribution in [2.75, 3.05) is 11.6 Å². The molecule has 0 aromatic carbocycles. The van der Waals surface area contributed by atoms with E-state index in [0.717, 1.165) is 11.1 Å². The molecule has 86 valence electrons. The molecule has 1 aliphatic rings. The van der Waals surface area contributed by atoms with E-state index in [4.69, 9.17) is 0 Å². The number of carbonyl (C=O) groups excluding carboxylic acids is 1. The van der Waals surface area contributed by atoms with Gasteiger partial charge in [0.15, 0.2) is 0 Å². The van der Waals surface area contributed by atoms with Crippen molar-refractivity contribution in [2.45, 2.75) is 12.6 Å². The summed E-state index contributed by atoms with van der Waals surface area (Å²) in [4.78, 5) is 14.9.